The Morgan fingerprint density at radius 3 is 2.57 bits per heavy atom. The summed E-state index contributed by atoms with van der Waals surface area (Å²) in [5.74, 6) is -0.448. The summed E-state index contributed by atoms with van der Waals surface area (Å²) in [6.07, 6.45) is 0.791. The molecule has 1 aliphatic rings. The second kappa shape index (κ2) is 9.69. The van der Waals surface area contributed by atoms with Crippen LogP contribution in [0.3, 0.4) is 0 Å². The van der Waals surface area contributed by atoms with Crippen molar-refractivity contribution in [1.82, 2.24) is 4.90 Å². The van der Waals surface area contributed by atoms with Crippen molar-refractivity contribution >= 4 is 39.9 Å². The number of hydrogen-bond acceptors (Lipinski definition) is 5. The Kier molecular flexibility index (Phi) is 8.43. The summed E-state index contributed by atoms with van der Waals surface area (Å²) in [5.41, 5.74) is 6.45. The maximum Gasteiger partial charge on any atom is 0.238 e. The molecule has 0 radical (unpaired) electrons. The van der Waals surface area contributed by atoms with Gasteiger partial charge in [0.2, 0.25) is 21.8 Å². The molecule has 0 saturated carbocycles. The van der Waals surface area contributed by atoms with E-state index in [4.69, 9.17) is 10.9 Å². The molecular weight excluding hydrogens is 404 g/mol. The van der Waals surface area contributed by atoms with Gasteiger partial charge < -0.3 is 15.5 Å². The van der Waals surface area contributed by atoms with Gasteiger partial charge in [0, 0.05) is 38.3 Å². The maximum absolute atomic E-state index is 12.7. The molecule has 0 aliphatic carbocycles. The van der Waals surface area contributed by atoms with Gasteiger partial charge in [0.25, 0.3) is 0 Å². The molecule has 10 heteroatoms. The predicted molar refractivity (Wildman–Crippen MR) is 111 cm³/mol. The molecule has 1 aromatic carbocycles. The molecular formula is C18H29ClN4O4S. The van der Waals surface area contributed by atoms with Crippen molar-refractivity contribution in [1.29, 1.82) is 0 Å². The average molecular weight is 433 g/mol. The van der Waals surface area contributed by atoms with Crippen LogP contribution in [0.1, 0.15) is 26.7 Å². The molecule has 8 nitrogen and oxygen atoms in total. The highest BCUT2D eigenvalue weighted by Gasteiger charge is 2.36. The number of rotatable bonds is 7. The number of benzene rings is 1. The summed E-state index contributed by atoms with van der Waals surface area (Å²) in [5, 5.41) is 5.15. The van der Waals surface area contributed by atoms with Gasteiger partial charge >= 0.3 is 0 Å². The van der Waals surface area contributed by atoms with E-state index in [0.29, 0.717) is 24.6 Å². The summed E-state index contributed by atoms with van der Waals surface area (Å²) in [6.45, 7) is 4.82. The lowest BCUT2D eigenvalue weighted by Gasteiger charge is -2.24. The zero-order chi connectivity index (χ0) is 20.4. The third kappa shape index (κ3) is 5.91. The minimum atomic E-state index is -3.86. The summed E-state index contributed by atoms with van der Waals surface area (Å²) in [6, 6.07) is 5.89. The van der Waals surface area contributed by atoms with E-state index in [1.54, 1.807) is 18.0 Å². The van der Waals surface area contributed by atoms with Crippen LogP contribution in [0.4, 0.5) is 5.69 Å². The number of anilines is 1. The minimum Gasteiger partial charge on any atom is -0.345 e. The van der Waals surface area contributed by atoms with E-state index in [9.17, 15) is 18.0 Å². The van der Waals surface area contributed by atoms with Crippen molar-refractivity contribution in [3.63, 3.8) is 0 Å². The molecule has 1 aliphatic heterocycles. The topological polar surface area (TPSA) is 127 Å². The second-order valence-electron chi connectivity index (χ2n) is 7.40. The molecule has 1 heterocycles. The molecule has 0 spiro atoms. The molecule has 158 valence electrons. The molecule has 4 N–H and O–H groups in total. The summed E-state index contributed by atoms with van der Waals surface area (Å²) >= 11 is 0. The first-order chi connectivity index (χ1) is 12.5. The number of amides is 2. The lowest BCUT2D eigenvalue weighted by Crippen LogP contribution is -2.38. The van der Waals surface area contributed by atoms with Crippen molar-refractivity contribution in [2.45, 2.75) is 37.6 Å². The van der Waals surface area contributed by atoms with Crippen molar-refractivity contribution < 1.29 is 18.0 Å². The van der Waals surface area contributed by atoms with Gasteiger partial charge in [-0.15, -0.1) is 12.4 Å². The zero-order valence-electron chi connectivity index (χ0n) is 16.4. The zero-order valence-corrected chi connectivity index (χ0v) is 18.0. The summed E-state index contributed by atoms with van der Waals surface area (Å²) in [4.78, 5) is 28.0. The smallest absolute Gasteiger partial charge is 0.238 e. The Morgan fingerprint density at radius 1 is 1.36 bits per heavy atom. The first-order valence-electron chi connectivity index (χ1n) is 8.94. The van der Waals surface area contributed by atoms with Gasteiger partial charge in [-0.05, 0) is 30.5 Å². The van der Waals surface area contributed by atoms with E-state index >= 15 is 0 Å². The highest BCUT2D eigenvalue weighted by molar-refractivity contribution is 7.89. The molecule has 2 rings (SSSR count). The Bertz CT molecular complexity index is 816. The molecule has 0 aromatic heterocycles. The molecule has 1 aromatic rings. The average Bonchev–Trinajstić information content (AvgIpc) is 2.99. The van der Waals surface area contributed by atoms with Crippen LogP contribution in [-0.2, 0) is 19.6 Å². The van der Waals surface area contributed by atoms with E-state index in [1.807, 2.05) is 13.8 Å². The van der Waals surface area contributed by atoms with Gasteiger partial charge in [0.05, 0.1) is 10.8 Å². The Balaban J connectivity index is 0.00000392. The Labute approximate surface area is 172 Å². The molecule has 1 saturated heterocycles. The number of nitrogens with two attached hydrogens (primary N) is 2. The fourth-order valence-electron chi connectivity index (χ4n) is 3.05. The number of carbonyl (C=O) groups is 2. The minimum absolute atomic E-state index is 0. The number of hydrogen-bond donors (Lipinski definition) is 2. The number of halogens is 1. The van der Waals surface area contributed by atoms with Crippen molar-refractivity contribution in [2.24, 2.45) is 22.7 Å². The SMILES string of the molecule is CC(C)C(N)CCN(C)C(=O)C1CC(=O)N(c2cccc(S(N)(=O)=O)c2)C1.Cl. The molecule has 2 atom stereocenters. The Morgan fingerprint density at radius 2 is 2.00 bits per heavy atom. The van der Waals surface area contributed by atoms with E-state index < -0.39 is 15.9 Å². The van der Waals surface area contributed by atoms with E-state index in [-0.39, 0.29) is 48.1 Å². The fraction of sp³-hybridized carbons (Fsp3) is 0.556. The van der Waals surface area contributed by atoms with Crippen LogP contribution in [-0.4, -0.2) is 51.3 Å². The van der Waals surface area contributed by atoms with Crippen LogP contribution >= 0.6 is 12.4 Å². The first kappa shape index (κ1) is 24.4. The fourth-order valence-corrected chi connectivity index (χ4v) is 3.60. The first-order valence-corrected chi connectivity index (χ1v) is 10.5. The lowest BCUT2D eigenvalue weighted by atomic mass is 10.0. The molecule has 0 bridgehead atoms. The van der Waals surface area contributed by atoms with E-state index in [2.05, 4.69) is 0 Å². The third-order valence-corrected chi connectivity index (χ3v) is 5.87. The van der Waals surface area contributed by atoms with Crippen molar-refractivity contribution in [2.75, 3.05) is 25.0 Å². The quantitative estimate of drug-likeness (QED) is 0.662. The molecule has 2 amide bonds. The summed E-state index contributed by atoms with van der Waals surface area (Å²) < 4.78 is 23.0. The van der Waals surface area contributed by atoms with Crippen LogP contribution in [0.5, 0.6) is 0 Å². The predicted octanol–water partition coefficient (Wildman–Crippen LogP) is 0.941. The van der Waals surface area contributed by atoms with E-state index in [1.165, 1.54) is 23.1 Å². The normalized spacial score (nSPS) is 18.1. The standard InChI is InChI=1S/C18H28N4O4S.ClH/c1-12(2)16(19)7-8-21(3)18(24)13-9-17(23)22(11-13)14-5-4-6-15(10-14)27(20,25)26;/h4-6,10,12-13,16H,7-9,11,19H2,1-3H3,(H2,20,25,26);1H. The number of primary sulfonamides is 1. The van der Waals surface area contributed by atoms with Crippen LogP contribution < -0.4 is 15.8 Å². The van der Waals surface area contributed by atoms with Gasteiger partial charge in [0.15, 0.2) is 0 Å². The third-order valence-electron chi connectivity index (χ3n) is 4.96. The number of sulfonamides is 1. The van der Waals surface area contributed by atoms with Gasteiger partial charge in [-0.2, -0.15) is 0 Å². The van der Waals surface area contributed by atoms with Gasteiger partial charge in [-0.25, -0.2) is 13.6 Å². The lowest BCUT2D eigenvalue weighted by molar-refractivity contribution is -0.134. The second-order valence-corrected chi connectivity index (χ2v) is 8.97. The number of nitrogens with zero attached hydrogens (tertiary/aromatic N) is 2. The largest absolute Gasteiger partial charge is 0.345 e. The molecule has 28 heavy (non-hydrogen) atoms. The van der Waals surface area contributed by atoms with Crippen LogP contribution in [0, 0.1) is 11.8 Å². The van der Waals surface area contributed by atoms with Crippen molar-refractivity contribution in [3.05, 3.63) is 24.3 Å². The van der Waals surface area contributed by atoms with Gasteiger partial charge in [-0.3, -0.25) is 9.59 Å². The highest BCUT2D eigenvalue weighted by Crippen LogP contribution is 2.27. The Hall–Kier alpha value is -1.68. The van der Waals surface area contributed by atoms with E-state index in [0.717, 1.165) is 0 Å². The monoisotopic (exact) mass is 432 g/mol. The molecule has 2 unspecified atom stereocenters. The van der Waals surface area contributed by atoms with Crippen molar-refractivity contribution in [3.8, 4) is 0 Å². The van der Waals surface area contributed by atoms with Gasteiger partial charge in [-0.1, -0.05) is 19.9 Å². The van der Waals surface area contributed by atoms with Crippen LogP contribution in [0.2, 0.25) is 0 Å². The van der Waals surface area contributed by atoms with Crippen LogP contribution in [0.25, 0.3) is 0 Å². The maximum atomic E-state index is 12.7. The molecule has 1 fully saturated rings. The number of carbonyl (C=O) groups excluding carboxylic acids is 2. The van der Waals surface area contributed by atoms with Crippen LogP contribution in [0.15, 0.2) is 29.2 Å². The highest BCUT2D eigenvalue weighted by atomic mass is 35.5. The van der Waals surface area contributed by atoms with Gasteiger partial charge in [0.1, 0.15) is 0 Å². The summed E-state index contributed by atoms with van der Waals surface area (Å²) in [7, 11) is -2.15.